The molecule has 2 N–H and O–H groups in total. The zero-order valence-electron chi connectivity index (χ0n) is 10.6. The molecule has 1 aliphatic heterocycles. The third-order valence-electron chi connectivity index (χ3n) is 3.41. The number of hydrogen-bond donors (Lipinski definition) is 1. The Bertz CT molecular complexity index is 519. The van der Waals surface area contributed by atoms with Crippen LogP contribution in [0.3, 0.4) is 0 Å². The largest absolute Gasteiger partial charge is 0.398 e. The van der Waals surface area contributed by atoms with Gasteiger partial charge in [-0.2, -0.15) is 13.2 Å². The number of amides is 1. The molecule has 1 amide bonds. The first-order chi connectivity index (χ1) is 9.29. The predicted molar refractivity (Wildman–Crippen MR) is 70.5 cm³/mol. The lowest BCUT2D eigenvalue weighted by molar-refractivity contribution is -0.184. The number of benzene rings is 1. The van der Waals surface area contributed by atoms with Gasteiger partial charge in [-0.15, -0.1) is 0 Å². The van der Waals surface area contributed by atoms with E-state index >= 15 is 0 Å². The van der Waals surface area contributed by atoms with Crippen LogP contribution >= 0.6 is 11.6 Å². The fraction of sp³-hybridized carbons (Fsp3) is 0.462. The van der Waals surface area contributed by atoms with E-state index < -0.39 is 18.0 Å². The molecule has 20 heavy (non-hydrogen) atoms. The summed E-state index contributed by atoms with van der Waals surface area (Å²) >= 11 is 5.76. The third kappa shape index (κ3) is 3.17. The Morgan fingerprint density at radius 1 is 1.40 bits per heavy atom. The van der Waals surface area contributed by atoms with Crippen LogP contribution in [0.15, 0.2) is 18.2 Å². The zero-order chi connectivity index (χ0) is 14.9. The van der Waals surface area contributed by atoms with Crippen molar-refractivity contribution in [3.05, 3.63) is 28.8 Å². The predicted octanol–water partition coefficient (Wildman–Crippen LogP) is 3.34. The van der Waals surface area contributed by atoms with Crippen molar-refractivity contribution in [2.75, 3.05) is 18.8 Å². The van der Waals surface area contributed by atoms with Crippen molar-refractivity contribution >= 4 is 23.2 Å². The maximum atomic E-state index is 12.7. The van der Waals surface area contributed by atoms with Crippen LogP contribution in [0, 0.1) is 5.92 Å². The van der Waals surface area contributed by atoms with E-state index in [0.717, 1.165) is 0 Å². The number of rotatable bonds is 1. The molecule has 3 nitrogen and oxygen atoms in total. The second kappa shape index (κ2) is 5.52. The number of nitrogens with zero attached hydrogens (tertiary/aromatic N) is 1. The first-order valence-electron chi connectivity index (χ1n) is 6.20. The van der Waals surface area contributed by atoms with Crippen molar-refractivity contribution in [3.63, 3.8) is 0 Å². The first kappa shape index (κ1) is 15.0. The van der Waals surface area contributed by atoms with E-state index in [9.17, 15) is 18.0 Å². The van der Waals surface area contributed by atoms with Gasteiger partial charge in [-0.05, 0) is 31.0 Å². The highest BCUT2D eigenvalue weighted by atomic mass is 35.5. The van der Waals surface area contributed by atoms with E-state index in [0.29, 0.717) is 18.0 Å². The van der Waals surface area contributed by atoms with Crippen molar-refractivity contribution in [1.82, 2.24) is 4.90 Å². The molecule has 1 fully saturated rings. The monoisotopic (exact) mass is 306 g/mol. The minimum Gasteiger partial charge on any atom is -0.398 e. The maximum Gasteiger partial charge on any atom is 0.393 e. The number of halogens is 4. The number of likely N-dealkylation sites (tertiary alicyclic amines) is 1. The summed E-state index contributed by atoms with van der Waals surface area (Å²) in [5.41, 5.74) is 6.10. The first-order valence-corrected chi connectivity index (χ1v) is 6.58. The Morgan fingerprint density at radius 2 is 2.10 bits per heavy atom. The van der Waals surface area contributed by atoms with Gasteiger partial charge in [-0.25, -0.2) is 0 Å². The molecule has 1 saturated heterocycles. The topological polar surface area (TPSA) is 46.3 Å². The number of nitrogen functional groups attached to an aromatic ring is 1. The lowest BCUT2D eigenvalue weighted by Gasteiger charge is -2.33. The van der Waals surface area contributed by atoms with Crippen molar-refractivity contribution in [3.8, 4) is 0 Å². The molecule has 1 heterocycles. The Morgan fingerprint density at radius 3 is 2.70 bits per heavy atom. The van der Waals surface area contributed by atoms with Gasteiger partial charge in [0.1, 0.15) is 0 Å². The number of piperidine rings is 1. The lowest BCUT2D eigenvalue weighted by Crippen LogP contribution is -2.44. The SMILES string of the molecule is Nc1cc(C(=O)N2CCCC(C(F)(F)F)C2)ccc1Cl. The molecular weight excluding hydrogens is 293 g/mol. The van der Waals surface area contributed by atoms with Gasteiger partial charge in [0.05, 0.1) is 16.6 Å². The van der Waals surface area contributed by atoms with Crippen molar-refractivity contribution in [2.45, 2.75) is 19.0 Å². The normalized spacial score (nSPS) is 20.0. The van der Waals surface area contributed by atoms with Crippen LogP contribution in [-0.2, 0) is 0 Å². The van der Waals surface area contributed by atoms with Crippen LogP contribution in [0.2, 0.25) is 5.02 Å². The summed E-state index contributed by atoms with van der Waals surface area (Å²) in [6, 6.07) is 4.33. The number of carbonyl (C=O) groups excluding carboxylic acids is 1. The van der Waals surface area contributed by atoms with Crippen LogP contribution in [0.5, 0.6) is 0 Å². The Kier molecular flexibility index (Phi) is 4.13. The molecule has 0 aromatic heterocycles. The molecule has 1 aromatic carbocycles. The molecule has 0 spiro atoms. The second-order valence-electron chi connectivity index (χ2n) is 4.87. The number of alkyl halides is 3. The number of hydrogen-bond acceptors (Lipinski definition) is 2. The molecule has 1 aromatic rings. The van der Waals surface area contributed by atoms with Crippen LogP contribution in [0.4, 0.5) is 18.9 Å². The summed E-state index contributed by atoms with van der Waals surface area (Å²) in [7, 11) is 0. The summed E-state index contributed by atoms with van der Waals surface area (Å²) in [6.45, 7) is 0.0266. The van der Waals surface area contributed by atoms with Crippen molar-refractivity contribution < 1.29 is 18.0 Å². The molecule has 1 aliphatic rings. The van der Waals surface area contributed by atoms with E-state index in [1.54, 1.807) is 0 Å². The summed E-state index contributed by atoms with van der Waals surface area (Å²) in [4.78, 5) is 13.4. The van der Waals surface area contributed by atoms with E-state index in [1.165, 1.54) is 23.1 Å². The molecular formula is C13H14ClF3N2O. The average molecular weight is 307 g/mol. The minimum absolute atomic E-state index is 0.0655. The highest BCUT2D eigenvalue weighted by molar-refractivity contribution is 6.33. The molecule has 1 atom stereocenters. The minimum atomic E-state index is -4.27. The van der Waals surface area contributed by atoms with Crippen molar-refractivity contribution in [1.29, 1.82) is 0 Å². The van der Waals surface area contributed by atoms with E-state index in [-0.39, 0.29) is 24.2 Å². The maximum absolute atomic E-state index is 12.7. The molecule has 0 aliphatic carbocycles. The standard InChI is InChI=1S/C13H14ClF3N2O/c14-10-4-3-8(6-11(10)18)12(20)19-5-1-2-9(7-19)13(15,16)17/h3-4,6,9H,1-2,5,7,18H2. The fourth-order valence-electron chi connectivity index (χ4n) is 2.29. The highest BCUT2D eigenvalue weighted by Crippen LogP contribution is 2.33. The van der Waals surface area contributed by atoms with Gasteiger partial charge < -0.3 is 10.6 Å². The average Bonchev–Trinajstić information content (AvgIpc) is 2.40. The summed E-state index contributed by atoms with van der Waals surface area (Å²) < 4.78 is 38.2. The smallest absolute Gasteiger partial charge is 0.393 e. The number of anilines is 1. The molecule has 1 unspecified atom stereocenters. The molecule has 7 heteroatoms. The van der Waals surface area contributed by atoms with Gasteiger partial charge in [0.25, 0.3) is 5.91 Å². The Labute approximate surface area is 119 Å². The van der Waals surface area contributed by atoms with Gasteiger partial charge in [-0.1, -0.05) is 11.6 Å². The zero-order valence-corrected chi connectivity index (χ0v) is 11.3. The molecule has 2 rings (SSSR count). The molecule has 0 radical (unpaired) electrons. The summed E-state index contributed by atoms with van der Waals surface area (Å²) in [5, 5.41) is 0.313. The summed E-state index contributed by atoms with van der Waals surface area (Å²) in [5.74, 6) is -1.90. The van der Waals surface area contributed by atoms with Crippen molar-refractivity contribution in [2.24, 2.45) is 5.92 Å². The third-order valence-corrected chi connectivity index (χ3v) is 3.76. The second-order valence-corrected chi connectivity index (χ2v) is 5.28. The van der Waals surface area contributed by atoms with Crippen LogP contribution in [0.1, 0.15) is 23.2 Å². The van der Waals surface area contributed by atoms with Gasteiger partial charge in [-0.3, -0.25) is 4.79 Å². The molecule has 0 saturated carbocycles. The Balaban J connectivity index is 2.14. The van der Waals surface area contributed by atoms with Crippen LogP contribution in [-0.4, -0.2) is 30.1 Å². The molecule has 110 valence electrons. The van der Waals surface area contributed by atoms with E-state index in [2.05, 4.69) is 0 Å². The Hall–Kier alpha value is -1.43. The van der Waals surface area contributed by atoms with E-state index in [1.807, 2.05) is 0 Å². The van der Waals surface area contributed by atoms with Gasteiger partial charge in [0.2, 0.25) is 0 Å². The van der Waals surface area contributed by atoms with E-state index in [4.69, 9.17) is 17.3 Å². The van der Waals surface area contributed by atoms with Gasteiger partial charge in [0, 0.05) is 18.7 Å². The number of nitrogens with two attached hydrogens (primary N) is 1. The highest BCUT2D eigenvalue weighted by Gasteiger charge is 2.42. The quantitative estimate of drug-likeness (QED) is 0.809. The lowest BCUT2D eigenvalue weighted by atomic mass is 9.97. The number of carbonyl (C=O) groups is 1. The van der Waals surface area contributed by atoms with Gasteiger partial charge in [0.15, 0.2) is 0 Å². The molecule has 0 bridgehead atoms. The van der Waals surface area contributed by atoms with Gasteiger partial charge >= 0.3 is 6.18 Å². The van der Waals surface area contributed by atoms with Crippen LogP contribution in [0.25, 0.3) is 0 Å². The van der Waals surface area contributed by atoms with Crippen LogP contribution < -0.4 is 5.73 Å². The fourth-order valence-corrected chi connectivity index (χ4v) is 2.41. The summed E-state index contributed by atoms with van der Waals surface area (Å²) in [6.07, 6.45) is -3.85.